The van der Waals surface area contributed by atoms with Gasteiger partial charge in [-0.25, -0.2) is 0 Å². The molecule has 0 saturated heterocycles. The van der Waals surface area contributed by atoms with Crippen molar-refractivity contribution in [1.82, 2.24) is 5.32 Å². The third-order valence-corrected chi connectivity index (χ3v) is 5.57. The molecule has 0 radical (unpaired) electrons. The highest BCUT2D eigenvalue weighted by Crippen LogP contribution is 2.30. The number of esters is 1. The Morgan fingerprint density at radius 3 is 2.74 bits per heavy atom. The SMILES string of the molecule is CCOC(=O)[C@H](CCc1ccccc1)N[C@H]1CSc2ccccc2NC1=O. The minimum Gasteiger partial charge on any atom is -0.465 e. The molecule has 1 aliphatic heterocycles. The van der Waals surface area contributed by atoms with E-state index in [2.05, 4.69) is 10.6 Å². The fourth-order valence-electron chi connectivity index (χ4n) is 3.00. The van der Waals surface area contributed by atoms with Crippen molar-refractivity contribution in [3.63, 3.8) is 0 Å². The highest BCUT2D eigenvalue weighted by Gasteiger charge is 2.29. The fourth-order valence-corrected chi connectivity index (χ4v) is 4.04. The number of ether oxygens (including phenoxy) is 1. The molecule has 1 aliphatic rings. The van der Waals surface area contributed by atoms with E-state index in [1.165, 1.54) is 0 Å². The Bertz CT molecular complexity index is 782. The van der Waals surface area contributed by atoms with Crippen molar-refractivity contribution in [2.24, 2.45) is 0 Å². The van der Waals surface area contributed by atoms with Crippen molar-refractivity contribution in [2.45, 2.75) is 36.7 Å². The van der Waals surface area contributed by atoms with Crippen molar-refractivity contribution in [1.29, 1.82) is 0 Å². The maximum atomic E-state index is 12.6. The van der Waals surface area contributed by atoms with E-state index in [4.69, 9.17) is 4.74 Å². The van der Waals surface area contributed by atoms with Gasteiger partial charge in [-0.3, -0.25) is 14.9 Å². The average molecular weight is 385 g/mol. The van der Waals surface area contributed by atoms with Gasteiger partial charge >= 0.3 is 5.97 Å². The zero-order chi connectivity index (χ0) is 19.1. The van der Waals surface area contributed by atoms with Gasteiger partial charge in [-0.15, -0.1) is 11.8 Å². The monoisotopic (exact) mass is 384 g/mol. The number of hydrogen-bond donors (Lipinski definition) is 2. The van der Waals surface area contributed by atoms with E-state index in [1.54, 1.807) is 18.7 Å². The lowest BCUT2D eigenvalue weighted by Crippen LogP contribution is -2.50. The van der Waals surface area contributed by atoms with Gasteiger partial charge in [-0.1, -0.05) is 42.5 Å². The van der Waals surface area contributed by atoms with Gasteiger partial charge in [0.05, 0.1) is 18.3 Å². The largest absolute Gasteiger partial charge is 0.465 e. The van der Waals surface area contributed by atoms with Crippen LogP contribution in [-0.4, -0.2) is 36.3 Å². The van der Waals surface area contributed by atoms with Crippen LogP contribution in [0.3, 0.4) is 0 Å². The molecular formula is C21H24N2O3S. The topological polar surface area (TPSA) is 67.4 Å². The summed E-state index contributed by atoms with van der Waals surface area (Å²) in [5.41, 5.74) is 1.97. The summed E-state index contributed by atoms with van der Waals surface area (Å²) in [6.45, 7) is 2.11. The third kappa shape index (κ3) is 5.34. The van der Waals surface area contributed by atoms with Crippen LogP contribution in [0.1, 0.15) is 18.9 Å². The van der Waals surface area contributed by atoms with Crippen LogP contribution in [0.25, 0.3) is 0 Å². The van der Waals surface area contributed by atoms with Crippen LogP contribution in [0.5, 0.6) is 0 Å². The van der Waals surface area contributed by atoms with E-state index < -0.39 is 12.1 Å². The Hall–Kier alpha value is -2.31. The molecular weight excluding hydrogens is 360 g/mol. The molecule has 0 spiro atoms. The number of carbonyl (C=O) groups excluding carboxylic acids is 2. The van der Waals surface area contributed by atoms with Gasteiger partial charge in [-0.2, -0.15) is 0 Å². The Balaban J connectivity index is 1.67. The molecule has 0 saturated carbocycles. The normalized spacial score (nSPS) is 17.4. The number of hydrogen-bond acceptors (Lipinski definition) is 5. The first-order valence-corrected chi connectivity index (χ1v) is 10.1. The molecule has 6 heteroatoms. The fraction of sp³-hybridized carbons (Fsp3) is 0.333. The van der Waals surface area contributed by atoms with Crippen LogP contribution in [0.4, 0.5) is 5.69 Å². The summed E-state index contributed by atoms with van der Waals surface area (Å²) in [5, 5.41) is 6.18. The second-order valence-corrected chi connectivity index (χ2v) is 7.41. The number of thioether (sulfide) groups is 1. The van der Waals surface area contributed by atoms with E-state index in [0.29, 0.717) is 18.8 Å². The molecule has 0 aromatic heterocycles. The number of aryl methyl sites for hydroxylation is 1. The van der Waals surface area contributed by atoms with E-state index in [-0.39, 0.29) is 11.9 Å². The highest BCUT2D eigenvalue weighted by molar-refractivity contribution is 7.99. The maximum absolute atomic E-state index is 12.6. The summed E-state index contributed by atoms with van der Waals surface area (Å²) in [6.07, 6.45) is 1.31. The van der Waals surface area contributed by atoms with Crippen LogP contribution >= 0.6 is 11.8 Å². The summed E-state index contributed by atoms with van der Waals surface area (Å²) >= 11 is 1.60. The number of rotatable bonds is 7. The minimum absolute atomic E-state index is 0.124. The lowest BCUT2D eigenvalue weighted by Gasteiger charge is -2.22. The van der Waals surface area contributed by atoms with Crippen LogP contribution in [0.2, 0.25) is 0 Å². The standard InChI is InChI=1S/C21H24N2O3S/c1-2-26-21(25)17(13-12-15-8-4-3-5-9-15)22-18-14-27-19-11-7-6-10-16(19)23-20(18)24/h3-11,17-18,22H,2,12-14H2,1H3,(H,23,24)/t17-,18-/m0/s1. The van der Waals surface area contributed by atoms with Crippen LogP contribution in [0, 0.1) is 0 Å². The van der Waals surface area contributed by atoms with Crippen molar-refractivity contribution >= 4 is 29.3 Å². The predicted molar refractivity (Wildman–Crippen MR) is 108 cm³/mol. The molecule has 2 atom stereocenters. The molecule has 0 unspecified atom stereocenters. The smallest absolute Gasteiger partial charge is 0.323 e. The van der Waals surface area contributed by atoms with Crippen LogP contribution < -0.4 is 10.6 Å². The zero-order valence-electron chi connectivity index (χ0n) is 15.3. The molecule has 2 N–H and O–H groups in total. The van der Waals surface area contributed by atoms with Gasteiger partial charge in [0.2, 0.25) is 5.91 Å². The number of amides is 1. The maximum Gasteiger partial charge on any atom is 0.323 e. The average Bonchev–Trinajstić information content (AvgIpc) is 2.84. The Labute approximate surface area is 163 Å². The molecule has 0 bridgehead atoms. The molecule has 5 nitrogen and oxygen atoms in total. The van der Waals surface area contributed by atoms with Crippen molar-refractivity contribution in [2.75, 3.05) is 17.7 Å². The molecule has 1 amide bonds. The number of carbonyl (C=O) groups is 2. The zero-order valence-corrected chi connectivity index (χ0v) is 16.1. The highest BCUT2D eigenvalue weighted by atomic mass is 32.2. The van der Waals surface area contributed by atoms with Gasteiger partial charge < -0.3 is 10.1 Å². The van der Waals surface area contributed by atoms with Gasteiger partial charge in [0.25, 0.3) is 0 Å². The number of para-hydroxylation sites is 1. The minimum atomic E-state index is -0.525. The molecule has 0 fully saturated rings. The Morgan fingerprint density at radius 2 is 1.96 bits per heavy atom. The van der Waals surface area contributed by atoms with Crippen LogP contribution in [-0.2, 0) is 20.7 Å². The lowest BCUT2D eigenvalue weighted by atomic mass is 10.0. The molecule has 2 aromatic rings. The van der Waals surface area contributed by atoms with Crippen molar-refractivity contribution < 1.29 is 14.3 Å². The quantitative estimate of drug-likeness (QED) is 0.718. The summed E-state index contributed by atoms with van der Waals surface area (Å²) < 4.78 is 5.22. The number of nitrogens with one attached hydrogen (secondary N) is 2. The lowest BCUT2D eigenvalue weighted by molar-refractivity contribution is -0.146. The first-order chi connectivity index (χ1) is 13.2. The van der Waals surface area contributed by atoms with Gasteiger partial charge in [0, 0.05) is 10.6 Å². The van der Waals surface area contributed by atoms with Crippen molar-refractivity contribution in [3.05, 3.63) is 60.2 Å². The van der Waals surface area contributed by atoms with Gasteiger partial charge in [-0.05, 0) is 37.5 Å². The molecule has 3 rings (SSSR count). The summed E-state index contributed by atoms with van der Waals surface area (Å²) in [4.78, 5) is 26.1. The van der Waals surface area contributed by atoms with E-state index >= 15 is 0 Å². The first-order valence-electron chi connectivity index (χ1n) is 9.16. The predicted octanol–water partition coefficient (Wildman–Crippen LogP) is 3.25. The second-order valence-electron chi connectivity index (χ2n) is 6.34. The summed E-state index contributed by atoms with van der Waals surface area (Å²) in [6, 6.07) is 16.7. The van der Waals surface area contributed by atoms with E-state index in [9.17, 15) is 9.59 Å². The van der Waals surface area contributed by atoms with Crippen molar-refractivity contribution in [3.8, 4) is 0 Å². The number of anilines is 1. The second kappa shape index (κ2) is 9.58. The Morgan fingerprint density at radius 1 is 1.22 bits per heavy atom. The summed E-state index contributed by atoms with van der Waals surface area (Å²) in [7, 11) is 0. The first kappa shape index (κ1) is 19.5. The molecule has 0 aliphatic carbocycles. The van der Waals surface area contributed by atoms with E-state index in [0.717, 1.165) is 22.6 Å². The molecule has 2 aromatic carbocycles. The van der Waals surface area contributed by atoms with E-state index in [1.807, 2.05) is 54.6 Å². The third-order valence-electron chi connectivity index (χ3n) is 4.40. The van der Waals surface area contributed by atoms with Gasteiger partial charge in [0.1, 0.15) is 6.04 Å². The number of benzene rings is 2. The molecule has 1 heterocycles. The van der Waals surface area contributed by atoms with Crippen LogP contribution in [0.15, 0.2) is 59.5 Å². The molecule has 27 heavy (non-hydrogen) atoms. The van der Waals surface area contributed by atoms with Gasteiger partial charge in [0.15, 0.2) is 0 Å². The molecule has 142 valence electrons. The Kier molecular flexibility index (Phi) is 6.90. The number of fused-ring (bicyclic) bond motifs is 1. The summed E-state index contributed by atoms with van der Waals surface area (Å²) in [5.74, 6) is 0.124.